The van der Waals surface area contributed by atoms with Gasteiger partial charge in [0.15, 0.2) is 0 Å². The number of hydrogen-bond acceptors (Lipinski definition) is 5. The molecule has 1 unspecified atom stereocenters. The number of fused-ring (bicyclic) bond motifs is 1. The number of nitrogens with zero attached hydrogens (tertiary/aromatic N) is 2. The van der Waals surface area contributed by atoms with Gasteiger partial charge in [-0.05, 0) is 49.1 Å². The Balaban J connectivity index is 1.26. The summed E-state index contributed by atoms with van der Waals surface area (Å²) in [7, 11) is 0. The van der Waals surface area contributed by atoms with E-state index in [1.807, 2.05) is 18.2 Å². The number of carbonyl (C=O) groups is 1. The Morgan fingerprint density at radius 2 is 1.94 bits per heavy atom. The molecular formula is C27H30N6O. The van der Waals surface area contributed by atoms with Crippen LogP contribution in [0.3, 0.4) is 0 Å². The summed E-state index contributed by atoms with van der Waals surface area (Å²) in [5.74, 6) is 0.905. The Morgan fingerprint density at radius 3 is 2.71 bits per heavy atom. The summed E-state index contributed by atoms with van der Waals surface area (Å²) < 4.78 is 0. The van der Waals surface area contributed by atoms with Gasteiger partial charge in [-0.3, -0.25) is 4.79 Å². The molecule has 3 heterocycles. The van der Waals surface area contributed by atoms with Crippen LogP contribution in [0.25, 0.3) is 22.3 Å². The van der Waals surface area contributed by atoms with Crippen LogP contribution < -0.4 is 16.0 Å². The van der Waals surface area contributed by atoms with Crippen molar-refractivity contribution in [2.75, 3.05) is 11.9 Å². The number of nitrogens with one attached hydrogen (secondary N) is 4. The third-order valence-electron chi connectivity index (χ3n) is 6.43. The minimum absolute atomic E-state index is 0.0995. The number of aromatic nitrogens is 3. The van der Waals surface area contributed by atoms with E-state index in [0.29, 0.717) is 19.0 Å². The average Bonchev–Trinajstić information content (AvgIpc) is 3.54. The highest BCUT2D eigenvalue weighted by Gasteiger charge is 2.17. The molecule has 0 spiro atoms. The van der Waals surface area contributed by atoms with E-state index in [1.165, 1.54) is 5.56 Å². The normalized spacial score (nSPS) is 16.4. The van der Waals surface area contributed by atoms with E-state index in [-0.39, 0.29) is 11.9 Å². The summed E-state index contributed by atoms with van der Waals surface area (Å²) in [6, 6.07) is 21.1. The largest absolute Gasteiger partial charge is 0.363 e. The Hall–Kier alpha value is -3.71. The van der Waals surface area contributed by atoms with Crippen molar-refractivity contribution in [3.05, 3.63) is 78.1 Å². The maximum absolute atomic E-state index is 12.2. The van der Waals surface area contributed by atoms with E-state index in [1.54, 1.807) is 6.33 Å². The van der Waals surface area contributed by atoms with Crippen LogP contribution in [0.15, 0.2) is 67.0 Å². The van der Waals surface area contributed by atoms with Crippen LogP contribution in [0.1, 0.15) is 43.4 Å². The average molecular weight is 455 g/mol. The molecule has 1 aliphatic heterocycles. The zero-order valence-electron chi connectivity index (χ0n) is 19.3. The Kier molecular flexibility index (Phi) is 6.53. The molecule has 0 saturated carbocycles. The summed E-state index contributed by atoms with van der Waals surface area (Å²) in [6.07, 6.45) is 4.37. The minimum atomic E-state index is 0.0995. The van der Waals surface area contributed by atoms with E-state index >= 15 is 0 Å². The topological polar surface area (TPSA) is 94.7 Å². The standard InChI is InChI=1S/C27H30N6O/c1-18(20-6-3-2-4-7-20)32-26-23-15-24(33-27(23)31-17-30-26)21-11-9-19(10-12-21)16-29-25(34)14-22-8-5-13-28-22/h2-4,6-7,9-12,15,17-18,22,28H,5,8,13-14,16H2,1H3,(H,29,34)(H2,30,31,32,33)/t18-,22?/m1/s1. The molecule has 174 valence electrons. The van der Waals surface area contributed by atoms with Gasteiger partial charge in [0, 0.05) is 30.7 Å². The molecule has 0 radical (unpaired) electrons. The van der Waals surface area contributed by atoms with Crippen LogP contribution in [-0.2, 0) is 11.3 Å². The Labute approximate surface area is 199 Å². The second kappa shape index (κ2) is 10.1. The van der Waals surface area contributed by atoms with Crippen LogP contribution in [0, 0.1) is 0 Å². The molecule has 1 amide bonds. The highest BCUT2D eigenvalue weighted by atomic mass is 16.1. The van der Waals surface area contributed by atoms with E-state index < -0.39 is 0 Å². The van der Waals surface area contributed by atoms with Gasteiger partial charge in [0.2, 0.25) is 5.91 Å². The lowest BCUT2D eigenvalue weighted by Gasteiger charge is -2.15. The zero-order valence-corrected chi connectivity index (χ0v) is 19.3. The summed E-state index contributed by atoms with van der Waals surface area (Å²) in [4.78, 5) is 24.5. The third kappa shape index (κ3) is 5.10. The molecule has 2 atom stereocenters. The molecule has 7 nitrogen and oxygen atoms in total. The van der Waals surface area contributed by atoms with Crippen molar-refractivity contribution < 1.29 is 4.79 Å². The molecule has 1 saturated heterocycles. The van der Waals surface area contributed by atoms with Crippen LogP contribution in [0.5, 0.6) is 0 Å². The SMILES string of the molecule is C[C@@H](Nc1ncnc2[nH]c(-c3ccc(CNC(=O)CC4CCCN4)cc3)cc12)c1ccccc1. The van der Waals surface area contributed by atoms with Gasteiger partial charge in [0.1, 0.15) is 17.8 Å². The number of benzene rings is 2. The fraction of sp³-hybridized carbons (Fsp3) is 0.296. The molecule has 4 N–H and O–H groups in total. The van der Waals surface area contributed by atoms with Gasteiger partial charge in [0.25, 0.3) is 0 Å². The first-order valence-corrected chi connectivity index (χ1v) is 11.9. The number of anilines is 1. The maximum atomic E-state index is 12.2. The molecular weight excluding hydrogens is 424 g/mol. The molecule has 2 aromatic heterocycles. The highest BCUT2D eigenvalue weighted by molar-refractivity contribution is 5.91. The summed E-state index contributed by atoms with van der Waals surface area (Å²) in [5.41, 5.74) is 5.11. The fourth-order valence-corrected chi connectivity index (χ4v) is 4.47. The number of rotatable bonds is 8. The van der Waals surface area contributed by atoms with Crippen molar-refractivity contribution >= 4 is 22.8 Å². The summed E-state index contributed by atoms with van der Waals surface area (Å²) in [6.45, 7) is 3.68. The van der Waals surface area contributed by atoms with E-state index in [2.05, 4.69) is 80.3 Å². The third-order valence-corrected chi connectivity index (χ3v) is 6.43. The minimum Gasteiger partial charge on any atom is -0.363 e. The number of aromatic amines is 1. The van der Waals surface area contributed by atoms with Gasteiger partial charge in [0.05, 0.1) is 5.39 Å². The van der Waals surface area contributed by atoms with Crippen LogP contribution >= 0.6 is 0 Å². The molecule has 2 aromatic carbocycles. The smallest absolute Gasteiger partial charge is 0.221 e. The van der Waals surface area contributed by atoms with Gasteiger partial charge in [-0.2, -0.15) is 0 Å². The quantitative estimate of drug-likeness (QED) is 0.313. The van der Waals surface area contributed by atoms with Gasteiger partial charge in [-0.1, -0.05) is 54.6 Å². The van der Waals surface area contributed by atoms with Gasteiger partial charge >= 0.3 is 0 Å². The molecule has 4 aromatic rings. The molecule has 34 heavy (non-hydrogen) atoms. The predicted octanol–water partition coefficient (Wildman–Crippen LogP) is 4.56. The van der Waals surface area contributed by atoms with Crippen LogP contribution in [-0.4, -0.2) is 33.4 Å². The van der Waals surface area contributed by atoms with Crippen molar-refractivity contribution in [1.82, 2.24) is 25.6 Å². The highest BCUT2D eigenvalue weighted by Crippen LogP contribution is 2.29. The van der Waals surface area contributed by atoms with E-state index in [9.17, 15) is 4.79 Å². The lowest BCUT2D eigenvalue weighted by atomic mass is 10.1. The first-order valence-electron chi connectivity index (χ1n) is 11.9. The van der Waals surface area contributed by atoms with E-state index in [0.717, 1.165) is 53.1 Å². The molecule has 0 bridgehead atoms. The first kappa shape index (κ1) is 22.1. The van der Waals surface area contributed by atoms with E-state index in [4.69, 9.17) is 0 Å². The van der Waals surface area contributed by atoms with Gasteiger partial charge in [-0.25, -0.2) is 9.97 Å². The van der Waals surface area contributed by atoms with Crippen LogP contribution in [0.2, 0.25) is 0 Å². The lowest BCUT2D eigenvalue weighted by Crippen LogP contribution is -2.31. The Morgan fingerprint density at radius 1 is 1.12 bits per heavy atom. The fourth-order valence-electron chi connectivity index (χ4n) is 4.47. The first-order chi connectivity index (χ1) is 16.7. The number of hydrogen-bond donors (Lipinski definition) is 4. The van der Waals surface area contributed by atoms with Crippen molar-refractivity contribution in [2.45, 2.75) is 44.8 Å². The maximum Gasteiger partial charge on any atom is 0.221 e. The number of carbonyl (C=O) groups excluding carboxylic acids is 1. The van der Waals surface area contributed by atoms with Crippen molar-refractivity contribution in [1.29, 1.82) is 0 Å². The molecule has 1 aliphatic rings. The van der Waals surface area contributed by atoms with Crippen molar-refractivity contribution in [2.24, 2.45) is 0 Å². The van der Waals surface area contributed by atoms with Crippen LogP contribution in [0.4, 0.5) is 5.82 Å². The predicted molar refractivity (Wildman–Crippen MR) is 135 cm³/mol. The number of H-pyrrole nitrogens is 1. The van der Waals surface area contributed by atoms with Gasteiger partial charge in [-0.15, -0.1) is 0 Å². The monoisotopic (exact) mass is 454 g/mol. The second-order valence-corrected chi connectivity index (χ2v) is 8.92. The van der Waals surface area contributed by atoms with Crippen molar-refractivity contribution in [3.63, 3.8) is 0 Å². The summed E-state index contributed by atoms with van der Waals surface area (Å²) in [5, 5.41) is 10.9. The molecule has 0 aliphatic carbocycles. The second-order valence-electron chi connectivity index (χ2n) is 8.92. The lowest BCUT2D eigenvalue weighted by molar-refractivity contribution is -0.121. The zero-order chi connectivity index (χ0) is 23.3. The number of amides is 1. The molecule has 5 rings (SSSR count). The van der Waals surface area contributed by atoms with Gasteiger partial charge < -0.3 is 20.9 Å². The molecule has 1 fully saturated rings. The summed E-state index contributed by atoms with van der Waals surface area (Å²) >= 11 is 0. The Bertz CT molecular complexity index is 1250. The van der Waals surface area contributed by atoms with Crippen molar-refractivity contribution in [3.8, 4) is 11.3 Å². The molecule has 7 heteroatoms.